The second-order valence-corrected chi connectivity index (χ2v) is 6.21. The molecule has 1 rings (SSSR count). The van der Waals surface area contributed by atoms with E-state index in [1.54, 1.807) is 19.0 Å². The lowest BCUT2D eigenvalue weighted by molar-refractivity contribution is -0.128. The van der Waals surface area contributed by atoms with E-state index in [1.807, 2.05) is 6.92 Å². The maximum absolute atomic E-state index is 11.5. The Balaban J connectivity index is 2.16. The maximum Gasteiger partial charge on any atom is 0.223 e. The Morgan fingerprint density at radius 1 is 1.22 bits per heavy atom. The standard InChI is InChI=1S/C17H34N4O2/c1-4-18-17(20-13-11-16(22)21(2)3)19-12-8-14-23-15-9-6-5-7-10-15/h15H,4-14H2,1-3H3,(H2,18,19,20). The van der Waals surface area contributed by atoms with Crippen LogP contribution in [0.5, 0.6) is 0 Å². The van der Waals surface area contributed by atoms with Crippen molar-refractivity contribution in [1.82, 2.24) is 15.5 Å². The van der Waals surface area contributed by atoms with Crippen molar-refractivity contribution in [1.29, 1.82) is 0 Å². The Kier molecular flexibility index (Phi) is 10.4. The van der Waals surface area contributed by atoms with E-state index in [2.05, 4.69) is 15.6 Å². The summed E-state index contributed by atoms with van der Waals surface area (Å²) in [5.74, 6) is 0.894. The van der Waals surface area contributed by atoms with Gasteiger partial charge in [-0.15, -0.1) is 0 Å². The highest BCUT2D eigenvalue weighted by atomic mass is 16.5. The number of carbonyl (C=O) groups is 1. The normalized spacial score (nSPS) is 16.2. The molecule has 134 valence electrons. The highest BCUT2D eigenvalue weighted by Gasteiger charge is 2.12. The summed E-state index contributed by atoms with van der Waals surface area (Å²) in [4.78, 5) is 17.7. The number of nitrogens with zero attached hydrogens (tertiary/aromatic N) is 2. The predicted molar refractivity (Wildman–Crippen MR) is 94.7 cm³/mol. The summed E-state index contributed by atoms with van der Waals surface area (Å²) in [7, 11) is 3.54. The summed E-state index contributed by atoms with van der Waals surface area (Å²) >= 11 is 0. The van der Waals surface area contributed by atoms with E-state index in [-0.39, 0.29) is 5.91 Å². The van der Waals surface area contributed by atoms with Crippen LogP contribution in [0.2, 0.25) is 0 Å². The van der Waals surface area contributed by atoms with Crippen molar-refractivity contribution in [2.24, 2.45) is 4.99 Å². The van der Waals surface area contributed by atoms with Gasteiger partial charge in [0.05, 0.1) is 6.10 Å². The van der Waals surface area contributed by atoms with Gasteiger partial charge in [-0.25, -0.2) is 0 Å². The molecule has 1 fully saturated rings. The predicted octanol–water partition coefficient (Wildman–Crippen LogP) is 1.76. The SMILES string of the molecule is CCNC(=NCCCOC1CCCCC1)NCCC(=O)N(C)C. The second kappa shape index (κ2) is 12.2. The highest BCUT2D eigenvalue weighted by molar-refractivity contribution is 5.81. The molecule has 23 heavy (non-hydrogen) atoms. The van der Waals surface area contributed by atoms with Gasteiger partial charge < -0.3 is 20.3 Å². The third-order valence-electron chi connectivity index (χ3n) is 3.95. The van der Waals surface area contributed by atoms with Crippen LogP contribution in [0.15, 0.2) is 4.99 Å². The fourth-order valence-corrected chi connectivity index (χ4v) is 2.59. The number of rotatable bonds is 9. The molecule has 1 aliphatic rings. The fourth-order valence-electron chi connectivity index (χ4n) is 2.59. The Morgan fingerprint density at radius 2 is 1.96 bits per heavy atom. The number of amides is 1. The van der Waals surface area contributed by atoms with Crippen molar-refractivity contribution in [3.8, 4) is 0 Å². The molecule has 0 aromatic carbocycles. The zero-order chi connectivity index (χ0) is 16.9. The monoisotopic (exact) mass is 326 g/mol. The molecule has 1 saturated carbocycles. The van der Waals surface area contributed by atoms with Gasteiger partial charge in [-0.2, -0.15) is 0 Å². The van der Waals surface area contributed by atoms with Crippen LogP contribution in [0.3, 0.4) is 0 Å². The summed E-state index contributed by atoms with van der Waals surface area (Å²) in [5.41, 5.74) is 0. The van der Waals surface area contributed by atoms with Crippen LogP contribution in [0, 0.1) is 0 Å². The first kappa shape index (κ1) is 19.7. The largest absolute Gasteiger partial charge is 0.378 e. The van der Waals surface area contributed by atoms with Gasteiger partial charge in [0, 0.05) is 46.8 Å². The molecule has 0 aromatic rings. The molecular weight excluding hydrogens is 292 g/mol. The molecule has 0 aromatic heterocycles. The van der Waals surface area contributed by atoms with E-state index in [9.17, 15) is 4.79 Å². The molecule has 1 aliphatic carbocycles. The van der Waals surface area contributed by atoms with Crippen LogP contribution >= 0.6 is 0 Å². The van der Waals surface area contributed by atoms with Crippen molar-refractivity contribution < 1.29 is 9.53 Å². The lowest BCUT2D eigenvalue weighted by Crippen LogP contribution is -2.39. The number of hydrogen-bond donors (Lipinski definition) is 2. The molecule has 0 heterocycles. The smallest absolute Gasteiger partial charge is 0.223 e. The van der Waals surface area contributed by atoms with Crippen LogP contribution in [-0.2, 0) is 9.53 Å². The van der Waals surface area contributed by atoms with E-state index in [0.29, 0.717) is 19.1 Å². The van der Waals surface area contributed by atoms with Gasteiger partial charge in [0.25, 0.3) is 0 Å². The van der Waals surface area contributed by atoms with Gasteiger partial charge in [0.1, 0.15) is 0 Å². The summed E-state index contributed by atoms with van der Waals surface area (Å²) in [6, 6.07) is 0. The highest BCUT2D eigenvalue weighted by Crippen LogP contribution is 2.20. The van der Waals surface area contributed by atoms with E-state index < -0.39 is 0 Å². The van der Waals surface area contributed by atoms with Gasteiger partial charge in [-0.05, 0) is 26.2 Å². The number of hydrogen-bond acceptors (Lipinski definition) is 3. The number of guanidine groups is 1. The number of carbonyl (C=O) groups excluding carboxylic acids is 1. The minimum Gasteiger partial charge on any atom is -0.378 e. The minimum atomic E-state index is 0.120. The van der Waals surface area contributed by atoms with E-state index >= 15 is 0 Å². The summed E-state index contributed by atoms with van der Waals surface area (Å²) in [6.45, 7) is 4.97. The van der Waals surface area contributed by atoms with E-state index in [0.717, 1.165) is 32.1 Å². The third kappa shape index (κ3) is 9.43. The summed E-state index contributed by atoms with van der Waals surface area (Å²) in [5, 5.41) is 6.40. The molecule has 0 aliphatic heterocycles. The number of ether oxygens (including phenoxy) is 1. The van der Waals surface area contributed by atoms with Gasteiger partial charge in [0.15, 0.2) is 5.96 Å². The lowest BCUT2D eigenvalue weighted by atomic mass is 9.98. The van der Waals surface area contributed by atoms with Gasteiger partial charge in [0.2, 0.25) is 5.91 Å². The molecule has 0 saturated heterocycles. The van der Waals surface area contributed by atoms with E-state index in [1.165, 1.54) is 32.1 Å². The van der Waals surface area contributed by atoms with Crippen molar-refractivity contribution in [3.05, 3.63) is 0 Å². The minimum absolute atomic E-state index is 0.120. The van der Waals surface area contributed by atoms with Crippen LogP contribution in [0.4, 0.5) is 0 Å². The first-order valence-electron chi connectivity index (χ1n) is 8.97. The van der Waals surface area contributed by atoms with Crippen LogP contribution < -0.4 is 10.6 Å². The zero-order valence-corrected chi connectivity index (χ0v) is 15.1. The number of aliphatic imine (C=N–C) groups is 1. The summed E-state index contributed by atoms with van der Waals surface area (Å²) < 4.78 is 5.90. The molecule has 0 atom stereocenters. The Labute approximate surface area is 141 Å². The average Bonchev–Trinajstić information content (AvgIpc) is 2.55. The molecule has 0 unspecified atom stereocenters. The fraction of sp³-hybridized carbons (Fsp3) is 0.882. The van der Waals surface area contributed by atoms with Crippen molar-refractivity contribution in [2.75, 3.05) is 40.3 Å². The van der Waals surface area contributed by atoms with Crippen molar-refractivity contribution in [3.63, 3.8) is 0 Å². The average molecular weight is 326 g/mol. The van der Waals surface area contributed by atoms with Crippen molar-refractivity contribution >= 4 is 11.9 Å². The summed E-state index contributed by atoms with van der Waals surface area (Å²) in [6.07, 6.45) is 8.28. The molecule has 1 amide bonds. The molecule has 0 spiro atoms. The maximum atomic E-state index is 11.5. The first-order valence-corrected chi connectivity index (χ1v) is 8.97. The van der Waals surface area contributed by atoms with E-state index in [4.69, 9.17) is 4.74 Å². The number of nitrogens with one attached hydrogen (secondary N) is 2. The van der Waals surface area contributed by atoms with Crippen LogP contribution in [-0.4, -0.2) is 63.2 Å². The quantitative estimate of drug-likeness (QED) is 0.385. The zero-order valence-electron chi connectivity index (χ0n) is 15.1. The Morgan fingerprint density at radius 3 is 2.61 bits per heavy atom. The van der Waals surface area contributed by atoms with Gasteiger partial charge >= 0.3 is 0 Å². The molecule has 2 N–H and O–H groups in total. The third-order valence-corrected chi connectivity index (χ3v) is 3.95. The van der Waals surface area contributed by atoms with Crippen LogP contribution in [0.25, 0.3) is 0 Å². The van der Waals surface area contributed by atoms with Crippen molar-refractivity contribution in [2.45, 2.75) is 58.0 Å². The lowest BCUT2D eigenvalue weighted by Gasteiger charge is -2.21. The Hall–Kier alpha value is -1.30. The molecule has 6 heteroatoms. The topological polar surface area (TPSA) is 66.0 Å². The Bertz CT molecular complexity index is 353. The second-order valence-electron chi connectivity index (χ2n) is 6.21. The molecule has 0 radical (unpaired) electrons. The van der Waals surface area contributed by atoms with Gasteiger partial charge in [-0.1, -0.05) is 19.3 Å². The molecule has 6 nitrogen and oxygen atoms in total. The molecule has 0 bridgehead atoms. The molecular formula is C17H34N4O2. The first-order chi connectivity index (χ1) is 11.1. The van der Waals surface area contributed by atoms with Gasteiger partial charge in [-0.3, -0.25) is 9.79 Å². The van der Waals surface area contributed by atoms with Crippen LogP contribution in [0.1, 0.15) is 51.9 Å².